The van der Waals surface area contributed by atoms with Crippen molar-refractivity contribution in [1.82, 2.24) is 0 Å². The van der Waals surface area contributed by atoms with Crippen molar-refractivity contribution >= 4 is 34.3 Å². The first kappa shape index (κ1) is 17.5. The van der Waals surface area contributed by atoms with Crippen LogP contribution in [0.2, 0.25) is 0 Å². The second-order valence-corrected chi connectivity index (χ2v) is 9.46. The van der Waals surface area contributed by atoms with E-state index in [0.29, 0.717) is 5.75 Å². The van der Waals surface area contributed by atoms with Gasteiger partial charge >= 0.3 is 0 Å². The normalized spacial score (nSPS) is 17.3. The number of thioether (sulfide) groups is 2. The van der Waals surface area contributed by atoms with E-state index < -0.39 is 0 Å². The van der Waals surface area contributed by atoms with Crippen molar-refractivity contribution in [3.8, 4) is 16.9 Å². The second-order valence-electron chi connectivity index (χ2n) is 7.76. The Labute approximate surface area is 169 Å². The van der Waals surface area contributed by atoms with Gasteiger partial charge in [0.1, 0.15) is 5.75 Å². The first-order chi connectivity index (χ1) is 13.2. The Morgan fingerprint density at radius 3 is 2.19 bits per heavy atom. The minimum Gasteiger partial charge on any atom is -0.507 e. The van der Waals surface area contributed by atoms with Crippen LogP contribution in [0.25, 0.3) is 21.9 Å². The third-order valence-electron chi connectivity index (χ3n) is 6.55. The summed E-state index contributed by atoms with van der Waals surface area (Å²) in [4.78, 5) is 2.54. The number of fused-ring (bicyclic) bond motifs is 7. The van der Waals surface area contributed by atoms with Gasteiger partial charge in [-0.05, 0) is 71.2 Å². The Hall–Kier alpha value is -1.58. The van der Waals surface area contributed by atoms with E-state index in [9.17, 15) is 5.11 Å². The van der Waals surface area contributed by atoms with Crippen LogP contribution in [0.4, 0.5) is 0 Å². The van der Waals surface area contributed by atoms with Gasteiger partial charge in [-0.1, -0.05) is 43.5 Å². The smallest absolute Gasteiger partial charge is 0.123 e. The van der Waals surface area contributed by atoms with Crippen LogP contribution in [-0.4, -0.2) is 17.6 Å². The van der Waals surface area contributed by atoms with Crippen LogP contribution in [-0.2, 0) is 5.41 Å². The van der Waals surface area contributed by atoms with Crippen LogP contribution in [0, 0.1) is 0 Å². The summed E-state index contributed by atoms with van der Waals surface area (Å²) in [6.07, 6.45) is 10.5. The molecule has 0 aromatic heterocycles. The van der Waals surface area contributed by atoms with Gasteiger partial charge < -0.3 is 5.11 Å². The number of phenolic OH excluding ortho intramolecular Hbond substituents is 1. The van der Waals surface area contributed by atoms with Crippen molar-refractivity contribution < 1.29 is 5.11 Å². The van der Waals surface area contributed by atoms with Gasteiger partial charge in [0.25, 0.3) is 0 Å². The molecule has 1 fully saturated rings. The van der Waals surface area contributed by atoms with Crippen molar-refractivity contribution in [1.29, 1.82) is 0 Å². The number of rotatable bonds is 2. The molecule has 1 spiro atoms. The molecule has 2 aliphatic carbocycles. The van der Waals surface area contributed by atoms with Crippen LogP contribution in [0.15, 0.2) is 52.3 Å². The van der Waals surface area contributed by atoms with Gasteiger partial charge in [0, 0.05) is 20.6 Å². The van der Waals surface area contributed by atoms with Crippen molar-refractivity contribution in [2.45, 2.75) is 47.3 Å². The molecule has 3 aromatic carbocycles. The van der Waals surface area contributed by atoms with Gasteiger partial charge in [-0.2, -0.15) is 0 Å². The van der Waals surface area contributed by atoms with Crippen molar-refractivity contribution in [2.75, 3.05) is 12.5 Å². The number of hydrogen-bond acceptors (Lipinski definition) is 3. The maximum Gasteiger partial charge on any atom is 0.123 e. The molecule has 0 unspecified atom stereocenters. The molecule has 0 heterocycles. The van der Waals surface area contributed by atoms with E-state index >= 15 is 0 Å². The topological polar surface area (TPSA) is 20.2 Å². The Kier molecular flexibility index (Phi) is 4.21. The second kappa shape index (κ2) is 6.49. The number of hydrogen-bond donors (Lipinski definition) is 1. The lowest BCUT2D eigenvalue weighted by molar-refractivity contribution is 0.351. The monoisotopic (exact) mass is 392 g/mol. The molecule has 27 heavy (non-hydrogen) atoms. The molecule has 5 rings (SSSR count). The van der Waals surface area contributed by atoms with E-state index in [1.54, 1.807) is 23.5 Å². The molecular formula is C24H24OS2. The molecule has 0 atom stereocenters. The van der Waals surface area contributed by atoms with Gasteiger partial charge in [-0.15, -0.1) is 23.5 Å². The van der Waals surface area contributed by atoms with Gasteiger partial charge in [0.15, 0.2) is 0 Å². The Morgan fingerprint density at radius 1 is 0.815 bits per heavy atom. The molecule has 1 nitrogen and oxygen atoms in total. The lowest BCUT2D eigenvalue weighted by Gasteiger charge is -2.36. The molecule has 3 heteroatoms. The summed E-state index contributed by atoms with van der Waals surface area (Å²) in [5.74, 6) is 0.435. The number of aromatic hydroxyl groups is 1. The highest BCUT2D eigenvalue weighted by atomic mass is 32.2. The minimum atomic E-state index is 0.0908. The van der Waals surface area contributed by atoms with Crippen LogP contribution in [0.3, 0.4) is 0 Å². The number of phenols is 1. The van der Waals surface area contributed by atoms with E-state index in [-0.39, 0.29) is 5.41 Å². The Bertz CT molecular complexity index is 1050. The molecule has 138 valence electrons. The zero-order chi connectivity index (χ0) is 18.6. The molecule has 0 bridgehead atoms. The predicted molar refractivity (Wildman–Crippen MR) is 118 cm³/mol. The van der Waals surface area contributed by atoms with Gasteiger partial charge in [-0.25, -0.2) is 0 Å². The summed E-state index contributed by atoms with van der Waals surface area (Å²) in [5, 5.41) is 13.2. The average molecular weight is 393 g/mol. The summed E-state index contributed by atoms with van der Waals surface area (Å²) in [6, 6.07) is 15.5. The summed E-state index contributed by atoms with van der Waals surface area (Å²) in [6.45, 7) is 0. The standard InChI is InChI=1S/C24H24OS2/c1-26-21-12-16-17(13-22(21)27-2)23-15-8-4-5-9-18(15)24(10-6-3-7-11-24)19(23)14-20(16)25/h4-5,8-9,12-14,25H,3,6-7,10-11H2,1-2H3. The van der Waals surface area contributed by atoms with Crippen LogP contribution in [0.5, 0.6) is 5.75 Å². The van der Waals surface area contributed by atoms with Gasteiger partial charge in [-0.3, -0.25) is 0 Å². The van der Waals surface area contributed by atoms with E-state index in [2.05, 4.69) is 55.0 Å². The first-order valence-electron chi connectivity index (χ1n) is 9.71. The fourth-order valence-corrected chi connectivity index (χ4v) is 6.85. The lowest BCUT2D eigenvalue weighted by atomic mass is 9.67. The zero-order valence-electron chi connectivity index (χ0n) is 15.8. The van der Waals surface area contributed by atoms with Crippen molar-refractivity contribution in [2.24, 2.45) is 0 Å². The van der Waals surface area contributed by atoms with Crippen LogP contribution in [0.1, 0.15) is 43.2 Å². The lowest BCUT2D eigenvalue weighted by Crippen LogP contribution is -2.27. The first-order valence-corrected chi connectivity index (χ1v) is 12.2. The summed E-state index contributed by atoms with van der Waals surface area (Å²) < 4.78 is 0. The van der Waals surface area contributed by atoms with Crippen molar-refractivity contribution in [3.05, 3.63) is 53.6 Å². The van der Waals surface area contributed by atoms with Gasteiger partial charge in [0.2, 0.25) is 0 Å². The minimum absolute atomic E-state index is 0.0908. The highest BCUT2D eigenvalue weighted by Gasteiger charge is 2.44. The summed E-state index contributed by atoms with van der Waals surface area (Å²) >= 11 is 3.54. The molecule has 0 saturated heterocycles. The average Bonchev–Trinajstić information content (AvgIpc) is 2.97. The Balaban J connectivity index is 1.91. The number of benzene rings is 3. The molecule has 0 aliphatic heterocycles. The van der Waals surface area contributed by atoms with E-state index in [1.165, 1.54) is 69.5 Å². The quantitative estimate of drug-likeness (QED) is 0.465. The third kappa shape index (κ3) is 2.41. The molecule has 0 amide bonds. The Morgan fingerprint density at radius 2 is 1.48 bits per heavy atom. The zero-order valence-corrected chi connectivity index (χ0v) is 17.5. The molecule has 0 radical (unpaired) electrons. The summed E-state index contributed by atoms with van der Waals surface area (Å²) in [5.41, 5.74) is 5.67. The molecular weight excluding hydrogens is 368 g/mol. The highest BCUT2D eigenvalue weighted by molar-refractivity contribution is 8.01. The van der Waals surface area contributed by atoms with Gasteiger partial charge in [0.05, 0.1) is 0 Å². The highest BCUT2D eigenvalue weighted by Crippen LogP contribution is 2.58. The fraction of sp³-hybridized carbons (Fsp3) is 0.333. The predicted octanol–water partition coefficient (Wildman–Crippen LogP) is 7.22. The van der Waals surface area contributed by atoms with E-state index in [0.717, 1.165) is 5.39 Å². The maximum atomic E-state index is 11.0. The van der Waals surface area contributed by atoms with Crippen LogP contribution < -0.4 is 0 Å². The van der Waals surface area contributed by atoms with E-state index in [1.807, 2.05) is 0 Å². The molecule has 2 aliphatic rings. The molecule has 3 aromatic rings. The molecule has 1 N–H and O–H groups in total. The third-order valence-corrected chi connectivity index (χ3v) is 8.24. The maximum absolute atomic E-state index is 11.0. The van der Waals surface area contributed by atoms with Crippen LogP contribution >= 0.6 is 23.5 Å². The molecule has 1 saturated carbocycles. The summed E-state index contributed by atoms with van der Waals surface area (Å²) in [7, 11) is 0. The van der Waals surface area contributed by atoms with E-state index in [4.69, 9.17) is 0 Å². The SMILES string of the molecule is CSc1cc2c(O)cc3c(c2cc1SC)-c1ccccc1C31CCCCC1. The largest absolute Gasteiger partial charge is 0.507 e. The fourth-order valence-electron chi connectivity index (χ4n) is 5.35. The van der Waals surface area contributed by atoms with Crippen molar-refractivity contribution in [3.63, 3.8) is 0 Å².